The second-order valence-corrected chi connectivity index (χ2v) is 5.58. The molecule has 0 radical (unpaired) electrons. The summed E-state index contributed by atoms with van der Waals surface area (Å²) in [6.07, 6.45) is 4.44. The summed E-state index contributed by atoms with van der Waals surface area (Å²) >= 11 is 0. The van der Waals surface area contributed by atoms with Gasteiger partial charge in [0.15, 0.2) is 11.6 Å². The standard InChI is InChI=1S/C15H21N7.3ClH/c1-21-5-2-6-22(8-7-21)15-14(17)19-10-12(20-15)11-3-4-18-13(16)9-11;;;/h3-4,9-10H,2,5-8H2,1H3,(H2,16,18)(H2,17,19);3*1H. The van der Waals surface area contributed by atoms with Crippen molar-refractivity contribution in [2.24, 2.45) is 0 Å². The SMILES string of the molecule is CN1CCCN(c2nc(-c3ccnc(N)c3)cnc2N)CC1.Cl.Cl.Cl. The van der Waals surface area contributed by atoms with Gasteiger partial charge in [-0.15, -0.1) is 37.2 Å². The van der Waals surface area contributed by atoms with Gasteiger partial charge in [0.05, 0.1) is 11.9 Å². The van der Waals surface area contributed by atoms with Crippen LogP contribution in [0.5, 0.6) is 0 Å². The van der Waals surface area contributed by atoms with Crippen LogP contribution in [0, 0.1) is 0 Å². The van der Waals surface area contributed by atoms with Crippen LogP contribution in [0.1, 0.15) is 6.42 Å². The maximum atomic E-state index is 6.05. The van der Waals surface area contributed by atoms with Crippen LogP contribution in [0.4, 0.5) is 17.5 Å². The number of anilines is 3. The highest BCUT2D eigenvalue weighted by molar-refractivity contribution is 5.86. The molecule has 1 fully saturated rings. The summed E-state index contributed by atoms with van der Waals surface area (Å²) in [5, 5.41) is 0. The number of halogens is 3. The molecule has 25 heavy (non-hydrogen) atoms. The quantitative estimate of drug-likeness (QED) is 0.785. The van der Waals surface area contributed by atoms with E-state index in [-0.39, 0.29) is 37.2 Å². The summed E-state index contributed by atoms with van der Waals surface area (Å²) < 4.78 is 0. The minimum absolute atomic E-state index is 0. The van der Waals surface area contributed by atoms with Crippen molar-refractivity contribution in [1.82, 2.24) is 19.9 Å². The Kier molecular flexibility index (Phi) is 9.81. The Bertz CT molecular complexity index is 671. The van der Waals surface area contributed by atoms with Gasteiger partial charge in [-0.1, -0.05) is 0 Å². The van der Waals surface area contributed by atoms with Crippen molar-refractivity contribution in [2.45, 2.75) is 6.42 Å². The topological polar surface area (TPSA) is 97.2 Å². The second kappa shape index (κ2) is 10.5. The van der Waals surface area contributed by atoms with Crippen LogP contribution in [-0.2, 0) is 0 Å². The van der Waals surface area contributed by atoms with E-state index < -0.39 is 0 Å². The Morgan fingerprint density at radius 3 is 2.48 bits per heavy atom. The summed E-state index contributed by atoms with van der Waals surface area (Å²) in [5.41, 5.74) is 13.4. The van der Waals surface area contributed by atoms with Crippen molar-refractivity contribution in [2.75, 3.05) is 49.6 Å². The number of rotatable bonds is 2. The molecule has 7 nitrogen and oxygen atoms in total. The molecular weight excluding hydrogens is 385 g/mol. The van der Waals surface area contributed by atoms with Crippen LogP contribution >= 0.6 is 37.2 Å². The van der Waals surface area contributed by atoms with Crippen molar-refractivity contribution in [3.63, 3.8) is 0 Å². The molecule has 0 atom stereocenters. The summed E-state index contributed by atoms with van der Waals surface area (Å²) in [6.45, 7) is 3.92. The van der Waals surface area contributed by atoms with Crippen molar-refractivity contribution >= 4 is 54.7 Å². The van der Waals surface area contributed by atoms with Gasteiger partial charge in [0.1, 0.15) is 5.82 Å². The average molecular weight is 409 g/mol. The lowest BCUT2D eigenvalue weighted by molar-refractivity contribution is 0.360. The highest BCUT2D eigenvalue weighted by atomic mass is 35.5. The van der Waals surface area contributed by atoms with Crippen LogP contribution in [0.3, 0.4) is 0 Å². The van der Waals surface area contributed by atoms with Crippen LogP contribution < -0.4 is 16.4 Å². The van der Waals surface area contributed by atoms with E-state index in [1.807, 2.05) is 6.07 Å². The number of aromatic nitrogens is 3. The molecule has 1 saturated heterocycles. The van der Waals surface area contributed by atoms with Crippen molar-refractivity contribution in [1.29, 1.82) is 0 Å². The molecule has 140 valence electrons. The maximum Gasteiger partial charge on any atom is 0.172 e. The molecule has 3 rings (SSSR count). The first-order chi connectivity index (χ1) is 10.6. The monoisotopic (exact) mass is 407 g/mol. The predicted octanol–water partition coefficient (Wildman–Crippen LogP) is 2.11. The number of hydrogen-bond acceptors (Lipinski definition) is 7. The fourth-order valence-electron chi connectivity index (χ4n) is 2.63. The molecule has 0 aromatic carbocycles. The number of nitrogens with two attached hydrogens (primary N) is 2. The van der Waals surface area contributed by atoms with Gasteiger partial charge in [0, 0.05) is 31.4 Å². The summed E-state index contributed by atoms with van der Waals surface area (Å²) in [5.74, 6) is 1.69. The van der Waals surface area contributed by atoms with E-state index in [2.05, 4.69) is 26.8 Å². The first-order valence-electron chi connectivity index (χ1n) is 7.41. The van der Waals surface area contributed by atoms with E-state index in [0.717, 1.165) is 49.7 Å². The normalized spacial score (nSPS) is 14.5. The second-order valence-electron chi connectivity index (χ2n) is 5.58. The third-order valence-electron chi connectivity index (χ3n) is 3.88. The molecule has 4 N–H and O–H groups in total. The molecule has 0 spiro atoms. The maximum absolute atomic E-state index is 6.05. The summed E-state index contributed by atoms with van der Waals surface area (Å²) in [4.78, 5) is 17.5. The van der Waals surface area contributed by atoms with Gasteiger partial charge in [-0.3, -0.25) is 0 Å². The average Bonchev–Trinajstić information content (AvgIpc) is 2.72. The summed E-state index contributed by atoms with van der Waals surface area (Å²) in [6, 6.07) is 3.66. The zero-order valence-corrected chi connectivity index (χ0v) is 16.4. The van der Waals surface area contributed by atoms with E-state index in [1.165, 1.54) is 0 Å². The third kappa shape index (κ3) is 5.74. The molecule has 1 aliphatic heterocycles. The molecule has 0 aliphatic carbocycles. The zero-order valence-electron chi connectivity index (χ0n) is 14.0. The Labute approximate surface area is 166 Å². The van der Waals surface area contributed by atoms with Crippen LogP contribution in [0.15, 0.2) is 24.5 Å². The van der Waals surface area contributed by atoms with Crippen molar-refractivity contribution < 1.29 is 0 Å². The van der Waals surface area contributed by atoms with E-state index in [0.29, 0.717) is 11.6 Å². The lowest BCUT2D eigenvalue weighted by Crippen LogP contribution is -2.30. The van der Waals surface area contributed by atoms with Crippen LogP contribution in [0.2, 0.25) is 0 Å². The highest BCUT2D eigenvalue weighted by Crippen LogP contribution is 2.25. The molecule has 10 heteroatoms. The molecule has 2 aromatic heterocycles. The number of hydrogen-bond donors (Lipinski definition) is 2. The van der Waals surface area contributed by atoms with E-state index in [1.54, 1.807) is 18.5 Å². The summed E-state index contributed by atoms with van der Waals surface area (Å²) in [7, 11) is 2.13. The van der Waals surface area contributed by atoms with Crippen molar-refractivity contribution in [3.05, 3.63) is 24.5 Å². The molecule has 0 unspecified atom stereocenters. The molecule has 2 aromatic rings. The first-order valence-corrected chi connectivity index (χ1v) is 7.41. The fourth-order valence-corrected chi connectivity index (χ4v) is 2.63. The number of nitrogens with zero attached hydrogens (tertiary/aromatic N) is 5. The van der Waals surface area contributed by atoms with Gasteiger partial charge in [-0.25, -0.2) is 15.0 Å². The van der Waals surface area contributed by atoms with Gasteiger partial charge in [-0.2, -0.15) is 0 Å². The zero-order chi connectivity index (χ0) is 15.5. The smallest absolute Gasteiger partial charge is 0.172 e. The third-order valence-corrected chi connectivity index (χ3v) is 3.88. The number of likely N-dealkylation sites (N-methyl/N-ethyl adjacent to an activating group) is 1. The van der Waals surface area contributed by atoms with Gasteiger partial charge >= 0.3 is 0 Å². The molecular formula is C15H24Cl3N7. The van der Waals surface area contributed by atoms with Gasteiger partial charge in [-0.05, 0) is 32.1 Å². The molecule has 0 saturated carbocycles. The van der Waals surface area contributed by atoms with Crippen LogP contribution in [-0.4, -0.2) is 53.1 Å². The Morgan fingerprint density at radius 2 is 1.76 bits per heavy atom. The van der Waals surface area contributed by atoms with Gasteiger partial charge < -0.3 is 21.3 Å². The molecule has 0 amide bonds. The predicted molar refractivity (Wildman–Crippen MR) is 110 cm³/mol. The Morgan fingerprint density at radius 1 is 1.00 bits per heavy atom. The number of nitrogen functional groups attached to an aromatic ring is 2. The highest BCUT2D eigenvalue weighted by Gasteiger charge is 2.17. The molecule has 3 heterocycles. The fraction of sp³-hybridized carbons (Fsp3) is 0.400. The Hall–Kier alpha value is -1.54. The molecule has 1 aliphatic rings. The minimum atomic E-state index is 0. The van der Waals surface area contributed by atoms with Gasteiger partial charge in [0.25, 0.3) is 0 Å². The van der Waals surface area contributed by atoms with E-state index >= 15 is 0 Å². The lowest BCUT2D eigenvalue weighted by atomic mass is 10.2. The largest absolute Gasteiger partial charge is 0.384 e. The Balaban J connectivity index is 0.00000192. The van der Waals surface area contributed by atoms with E-state index in [4.69, 9.17) is 16.5 Å². The van der Waals surface area contributed by atoms with Crippen molar-refractivity contribution in [3.8, 4) is 11.3 Å². The molecule has 0 bridgehead atoms. The first kappa shape index (κ1) is 23.5. The van der Waals surface area contributed by atoms with Crippen LogP contribution in [0.25, 0.3) is 11.3 Å². The minimum Gasteiger partial charge on any atom is -0.384 e. The van der Waals surface area contributed by atoms with Gasteiger partial charge in [0.2, 0.25) is 0 Å². The lowest BCUT2D eigenvalue weighted by Gasteiger charge is -2.23. The number of pyridine rings is 1. The van der Waals surface area contributed by atoms with E-state index in [9.17, 15) is 0 Å².